The predicted octanol–water partition coefficient (Wildman–Crippen LogP) is 0.948. The van der Waals surface area contributed by atoms with Gasteiger partial charge < -0.3 is 29.7 Å². The van der Waals surface area contributed by atoms with Crippen LogP contribution in [0.5, 0.6) is 0 Å². The lowest BCUT2D eigenvalue weighted by molar-refractivity contribution is -0.210. The van der Waals surface area contributed by atoms with Crippen LogP contribution >= 0.6 is 24.0 Å². The number of amides is 1. The smallest absolute Gasteiger partial charge is 0.243 e. The summed E-state index contributed by atoms with van der Waals surface area (Å²) in [6.45, 7) is 6.79. The van der Waals surface area contributed by atoms with Crippen LogP contribution < -0.4 is 10.6 Å². The van der Waals surface area contributed by atoms with E-state index in [1.54, 1.807) is 14.1 Å². The van der Waals surface area contributed by atoms with Crippen molar-refractivity contribution in [1.29, 1.82) is 0 Å². The van der Waals surface area contributed by atoms with Crippen LogP contribution in [0.4, 0.5) is 0 Å². The number of guanidine groups is 1. The van der Waals surface area contributed by atoms with Crippen LogP contribution in [0.3, 0.4) is 0 Å². The average molecular weight is 484 g/mol. The largest absolute Gasteiger partial charge is 0.381 e. The highest BCUT2D eigenvalue weighted by atomic mass is 127. The fraction of sp³-hybridized carbons (Fsp3) is 0.882. The van der Waals surface area contributed by atoms with E-state index in [4.69, 9.17) is 14.2 Å². The Kier molecular flexibility index (Phi) is 10.1. The summed E-state index contributed by atoms with van der Waals surface area (Å²) >= 11 is 0. The molecule has 1 amide bonds. The third-order valence-corrected chi connectivity index (χ3v) is 4.53. The van der Waals surface area contributed by atoms with E-state index >= 15 is 0 Å². The van der Waals surface area contributed by atoms with Crippen LogP contribution in [-0.4, -0.2) is 81.7 Å². The Balaban J connectivity index is 0.00000338. The first-order chi connectivity index (χ1) is 11.9. The van der Waals surface area contributed by atoms with Crippen molar-refractivity contribution in [2.45, 2.75) is 51.0 Å². The minimum atomic E-state index is -0.479. The molecule has 8 nitrogen and oxygen atoms in total. The predicted molar refractivity (Wildman–Crippen MR) is 111 cm³/mol. The van der Waals surface area contributed by atoms with Crippen molar-refractivity contribution >= 4 is 35.8 Å². The number of rotatable bonds is 6. The Morgan fingerprint density at radius 2 is 2.04 bits per heavy atom. The van der Waals surface area contributed by atoms with Crippen LogP contribution in [-0.2, 0) is 19.0 Å². The zero-order valence-corrected chi connectivity index (χ0v) is 18.6. The maximum Gasteiger partial charge on any atom is 0.243 e. The van der Waals surface area contributed by atoms with Gasteiger partial charge in [0, 0.05) is 39.5 Å². The van der Waals surface area contributed by atoms with E-state index in [0.717, 1.165) is 19.3 Å². The molecule has 2 saturated heterocycles. The molecule has 2 aliphatic rings. The third kappa shape index (κ3) is 7.16. The molecular weight excluding hydrogens is 451 g/mol. The highest BCUT2D eigenvalue weighted by Crippen LogP contribution is 2.32. The van der Waals surface area contributed by atoms with Crippen molar-refractivity contribution < 1.29 is 19.0 Å². The summed E-state index contributed by atoms with van der Waals surface area (Å²) in [5.74, 6) is 0.111. The molecule has 0 aromatic rings. The standard InChI is InChI=1S/C17H32N4O4.HI/c1-5-13(2)20-16(19-11-15(22)21(3)4)18-10-14-12-24-17(25-14)6-8-23-9-7-17;/h13-14H,5-12H2,1-4H3,(H2,18,19,20);1H. The highest BCUT2D eigenvalue weighted by molar-refractivity contribution is 14.0. The number of likely N-dealkylation sites (N-methyl/N-ethyl adjacent to an activating group) is 1. The van der Waals surface area contributed by atoms with Crippen molar-refractivity contribution in [3.05, 3.63) is 0 Å². The van der Waals surface area contributed by atoms with Gasteiger partial charge in [-0.1, -0.05) is 6.92 Å². The molecule has 0 aromatic heterocycles. The van der Waals surface area contributed by atoms with Crippen molar-refractivity contribution in [3.8, 4) is 0 Å². The van der Waals surface area contributed by atoms with Crippen LogP contribution in [0, 0.1) is 0 Å². The second-order valence-corrected chi connectivity index (χ2v) is 6.86. The topological polar surface area (TPSA) is 84.4 Å². The van der Waals surface area contributed by atoms with Crippen molar-refractivity contribution in [2.75, 3.05) is 47.0 Å². The molecule has 152 valence electrons. The highest BCUT2D eigenvalue weighted by Gasteiger charge is 2.42. The number of hydrogen-bond acceptors (Lipinski definition) is 5. The van der Waals surface area contributed by atoms with Gasteiger partial charge in [-0.2, -0.15) is 0 Å². The minimum Gasteiger partial charge on any atom is -0.381 e. The normalized spacial score (nSPS) is 23.2. The quantitative estimate of drug-likeness (QED) is 0.332. The monoisotopic (exact) mass is 484 g/mol. The Bertz CT molecular complexity index is 470. The molecule has 0 saturated carbocycles. The molecule has 9 heteroatoms. The Hall–Kier alpha value is -0.650. The van der Waals surface area contributed by atoms with E-state index in [9.17, 15) is 4.79 Å². The summed E-state index contributed by atoms with van der Waals surface area (Å²) in [6.07, 6.45) is 2.47. The maximum atomic E-state index is 11.8. The molecular formula is C17H33IN4O4. The first kappa shape index (κ1) is 23.4. The van der Waals surface area contributed by atoms with Gasteiger partial charge in [0.25, 0.3) is 0 Å². The Labute approximate surface area is 173 Å². The average Bonchev–Trinajstić information content (AvgIpc) is 2.99. The van der Waals surface area contributed by atoms with Gasteiger partial charge in [-0.25, -0.2) is 4.99 Å². The summed E-state index contributed by atoms with van der Waals surface area (Å²) in [5, 5.41) is 6.58. The van der Waals surface area contributed by atoms with E-state index in [-0.39, 0.29) is 48.6 Å². The van der Waals surface area contributed by atoms with Crippen LogP contribution in [0.25, 0.3) is 0 Å². The second-order valence-electron chi connectivity index (χ2n) is 6.86. The first-order valence-electron chi connectivity index (χ1n) is 9.08. The molecule has 2 unspecified atom stereocenters. The van der Waals surface area contributed by atoms with E-state index in [0.29, 0.717) is 32.3 Å². The van der Waals surface area contributed by atoms with Crippen LogP contribution in [0.15, 0.2) is 4.99 Å². The van der Waals surface area contributed by atoms with Crippen molar-refractivity contribution in [3.63, 3.8) is 0 Å². The van der Waals surface area contributed by atoms with Gasteiger partial charge in [-0.05, 0) is 13.3 Å². The lowest BCUT2D eigenvalue weighted by Crippen LogP contribution is -2.46. The molecule has 0 radical (unpaired) electrons. The van der Waals surface area contributed by atoms with E-state index < -0.39 is 5.79 Å². The molecule has 2 atom stereocenters. The summed E-state index contributed by atoms with van der Waals surface area (Å²) in [4.78, 5) is 17.7. The molecule has 0 bridgehead atoms. The maximum absolute atomic E-state index is 11.8. The minimum absolute atomic E-state index is 0. The van der Waals surface area contributed by atoms with E-state index in [1.165, 1.54) is 4.90 Å². The number of carbonyl (C=O) groups excluding carboxylic acids is 1. The summed E-state index contributed by atoms with van der Waals surface area (Å²) < 4.78 is 17.4. The van der Waals surface area contributed by atoms with Gasteiger partial charge in [0.15, 0.2) is 11.7 Å². The number of nitrogens with one attached hydrogen (secondary N) is 2. The number of hydrogen-bond donors (Lipinski definition) is 2. The number of aliphatic imine (C=N–C) groups is 1. The zero-order valence-electron chi connectivity index (χ0n) is 16.2. The molecule has 2 aliphatic heterocycles. The molecule has 2 fully saturated rings. The van der Waals surface area contributed by atoms with Gasteiger partial charge in [0.05, 0.1) is 19.8 Å². The van der Waals surface area contributed by atoms with Crippen molar-refractivity contribution in [1.82, 2.24) is 15.5 Å². The first-order valence-corrected chi connectivity index (χ1v) is 9.08. The summed E-state index contributed by atoms with van der Waals surface area (Å²) in [5.41, 5.74) is 0. The second kappa shape index (κ2) is 11.3. The Morgan fingerprint density at radius 1 is 1.35 bits per heavy atom. The van der Waals surface area contributed by atoms with E-state index in [1.807, 2.05) is 0 Å². The number of nitrogens with zero attached hydrogens (tertiary/aromatic N) is 2. The molecule has 2 heterocycles. The molecule has 1 spiro atoms. The molecule has 26 heavy (non-hydrogen) atoms. The van der Waals surface area contributed by atoms with Gasteiger partial charge in [0.2, 0.25) is 5.91 Å². The molecule has 2 N–H and O–H groups in total. The van der Waals surface area contributed by atoms with Gasteiger partial charge in [-0.3, -0.25) is 4.79 Å². The number of halogens is 1. The molecule has 0 aromatic carbocycles. The van der Waals surface area contributed by atoms with Gasteiger partial charge in [0.1, 0.15) is 12.6 Å². The summed E-state index contributed by atoms with van der Waals surface area (Å²) in [7, 11) is 3.45. The molecule has 0 aliphatic carbocycles. The van der Waals surface area contributed by atoms with E-state index in [2.05, 4.69) is 29.5 Å². The van der Waals surface area contributed by atoms with Crippen LogP contribution in [0.1, 0.15) is 33.1 Å². The Morgan fingerprint density at radius 3 is 2.65 bits per heavy atom. The molecule has 2 rings (SSSR count). The fourth-order valence-electron chi connectivity index (χ4n) is 2.65. The number of ether oxygens (including phenoxy) is 3. The van der Waals surface area contributed by atoms with Gasteiger partial charge >= 0.3 is 0 Å². The van der Waals surface area contributed by atoms with Crippen molar-refractivity contribution in [2.24, 2.45) is 4.99 Å². The zero-order chi connectivity index (χ0) is 18.3. The SMILES string of the molecule is CCC(C)NC(=NCC(=O)N(C)C)NCC1COC2(CCOCC2)O1.I. The lowest BCUT2D eigenvalue weighted by Gasteiger charge is -2.31. The van der Waals surface area contributed by atoms with Gasteiger partial charge in [-0.15, -0.1) is 24.0 Å². The summed E-state index contributed by atoms with van der Waals surface area (Å²) in [6, 6.07) is 0.267. The van der Waals surface area contributed by atoms with Crippen LogP contribution in [0.2, 0.25) is 0 Å². The number of carbonyl (C=O) groups is 1. The fourth-order valence-corrected chi connectivity index (χ4v) is 2.65. The lowest BCUT2D eigenvalue weighted by atomic mass is 10.1. The third-order valence-electron chi connectivity index (χ3n) is 4.53.